The molecule has 0 aromatic rings. The monoisotopic (exact) mass is 216 g/mol. The molecular formula is C10H16O5. The molecule has 0 aliphatic rings. The van der Waals surface area contributed by atoms with Crippen LogP contribution in [0, 0.1) is 5.92 Å². The number of rotatable bonds is 7. The molecule has 0 aliphatic carbocycles. The lowest BCUT2D eigenvalue weighted by molar-refractivity contribution is -0.165. The van der Waals surface area contributed by atoms with Gasteiger partial charge in [-0.25, -0.2) is 4.79 Å². The van der Waals surface area contributed by atoms with E-state index >= 15 is 0 Å². The van der Waals surface area contributed by atoms with Crippen LogP contribution < -0.4 is 0 Å². The van der Waals surface area contributed by atoms with Gasteiger partial charge in [0, 0.05) is 6.61 Å². The summed E-state index contributed by atoms with van der Waals surface area (Å²) in [7, 11) is 1.20. The van der Waals surface area contributed by atoms with Gasteiger partial charge in [0.05, 0.1) is 13.0 Å². The summed E-state index contributed by atoms with van der Waals surface area (Å²) in [6, 6.07) is 0. The van der Waals surface area contributed by atoms with Gasteiger partial charge < -0.3 is 14.6 Å². The number of hydrogen-bond acceptors (Lipinski definition) is 4. The quantitative estimate of drug-likeness (QED) is 0.504. The zero-order valence-corrected chi connectivity index (χ0v) is 8.93. The van der Waals surface area contributed by atoms with Crippen molar-refractivity contribution in [2.75, 3.05) is 13.7 Å². The van der Waals surface area contributed by atoms with Crippen LogP contribution in [0.1, 0.15) is 13.3 Å². The molecule has 86 valence electrons. The first kappa shape index (κ1) is 13.6. The van der Waals surface area contributed by atoms with E-state index in [1.165, 1.54) is 13.2 Å². The zero-order chi connectivity index (χ0) is 11.8. The molecule has 0 fully saturated rings. The third-order valence-electron chi connectivity index (χ3n) is 1.88. The lowest BCUT2D eigenvalue weighted by atomic mass is 9.98. The highest BCUT2D eigenvalue weighted by atomic mass is 16.6. The highest BCUT2D eigenvalue weighted by molar-refractivity contribution is 5.83. The summed E-state index contributed by atoms with van der Waals surface area (Å²) >= 11 is 0. The summed E-state index contributed by atoms with van der Waals surface area (Å²) in [6.07, 6.45) is 0.526. The Labute approximate surface area is 88.7 Å². The molecule has 0 spiro atoms. The Kier molecular flexibility index (Phi) is 6.37. The number of carbonyl (C=O) groups is 2. The minimum Gasteiger partial charge on any atom is -0.481 e. The second kappa shape index (κ2) is 7.00. The van der Waals surface area contributed by atoms with Crippen LogP contribution in [0.4, 0.5) is 0 Å². The topological polar surface area (TPSA) is 72.8 Å². The first-order chi connectivity index (χ1) is 7.08. The molecule has 0 saturated heterocycles. The van der Waals surface area contributed by atoms with E-state index < -0.39 is 24.0 Å². The molecule has 5 nitrogen and oxygen atoms in total. The fourth-order valence-corrected chi connectivity index (χ4v) is 1.18. The Balaban J connectivity index is 4.73. The Morgan fingerprint density at radius 3 is 2.47 bits per heavy atom. The Bertz CT molecular complexity index is 236. The van der Waals surface area contributed by atoms with Crippen molar-refractivity contribution in [1.29, 1.82) is 0 Å². The van der Waals surface area contributed by atoms with Crippen LogP contribution >= 0.6 is 0 Å². The van der Waals surface area contributed by atoms with Crippen molar-refractivity contribution >= 4 is 11.9 Å². The van der Waals surface area contributed by atoms with Crippen LogP contribution in [0.3, 0.4) is 0 Å². The highest BCUT2D eigenvalue weighted by Crippen LogP contribution is 2.15. The van der Waals surface area contributed by atoms with Gasteiger partial charge in [-0.2, -0.15) is 0 Å². The smallest absolute Gasteiger partial charge is 0.335 e. The molecule has 0 bridgehead atoms. The van der Waals surface area contributed by atoms with Crippen molar-refractivity contribution in [1.82, 2.24) is 0 Å². The largest absolute Gasteiger partial charge is 0.481 e. The van der Waals surface area contributed by atoms with Gasteiger partial charge in [-0.05, 0) is 13.3 Å². The fourth-order valence-electron chi connectivity index (χ4n) is 1.18. The first-order valence-electron chi connectivity index (χ1n) is 4.61. The van der Waals surface area contributed by atoms with Crippen molar-refractivity contribution in [3.8, 4) is 0 Å². The Morgan fingerprint density at radius 2 is 2.13 bits per heavy atom. The van der Waals surface area contributed by atoms with Gasteiger partial charge >= 0.3 is 11.9 Å². The van der Waals surface area contributed by atoms with E-state index in [9.17, 15) is 9.59 Å². The minimum atomic E-state index is -1.10. The van der Waals surface area contributed by atoms with E-state index in [2.05, 4.69) is 11.3 Å². The van der Waals surface area contributed by atoms with Crippen molar-refractivity contribution in [3.05, 3.63) is 12.7 Å². The van der Waals surface area contributed by atoms with Gasteiger partial charge in [0.15, 0.2) is 6.10 Å². The van der Waals surface area contributed by atoms with Crippen molar-refractivity contribution < 1.29 is 24.2 Å². The molecule has 0 aliphatic heterocycles. The molecule has 0 aromatic heterocycles. The molecule has 0 aromatic carbocycles. The van der Waals surface area contributed by atoms with Crippen LogP contribution in [0.2, 0.25) is 0 Å². The van der Waals surface area contributed by atoms with Crippen molar-refractivity contribution in [3.63, 3.8) is 0 Å². The number of aliphatic carboxylic acids is 1. The molecule has 5 heteroatoms. The maximum absolute atomic E-state index is 11.3. The number of ether oxygens (including phenoxy) is 2. The first-order valence-corrected chi connectivity index (χ1v) is 4.61. The number of carboxylic acid groups (broad SMARTS) is 1. The lowest BCUT2D eigenvalue weighted by Gasteiger charge is -2.20. The van der Waals surface area contributed by atoms with Gasteiger partial charge in [0.25, 0.3) is 0 Å². The van der Waals surface area contributed by atoms with Crippen LogP contribution in [-0.2, 0) is 19.1 Å². The van der Waals surface area contributed by atoms with E-state index in [4.69, 9.17) is 9.84 Å². The second-order valence-electron chi connectivity index (χ2n) is 2.87. The number of allylic oxidation sites excluding steroid dienone is 1. The SMILES string of the molecule is C=CC[C@@H](C(=O)O)C(OCC)C(=O)OC. The maximum atomic E-state index is 11.3. The molecule has 0 amide bonds. The number of methoxy groups -OCH3 is 1. The standard InChI is InChI=1S/C10H16O5/c1-4-6-7(9(11)12)8(15-5-2)10(13)14-3/h4,7-8H,1,5-6H2,2-3H3,(H,11,12)/t7-,8?/m1/s1. The molecule has 15 heavy (non-hydrogen) atoms. The van der Waals surface area contributed by atoms with Gasteiger partial charge in [0.1, 0.15) is 0 Å². The molecule has 2 atom stereocenters. The number of carboxylic acids is 1. The van der Waals surface area contributed by atoms with E-state index in [1.54, 1.807) is 6.92 Å². The zero-order valence-electron chi connectivity index (χ0n) is 8.93. The highest BCUT2D eigenvalue weighted by Gasteiger charge is 2.34. The maximum Gasteiger partial charge on any atom is 0.335 e. The Morgan fingerprint density at radius 1 is 1.53 bits per heavy atom. The van der Waals surface area contributed by atoms with Gasteiger partial charge in [-0.15, -0.1) is 6.58 Å². The predicted molar refractivity (Wildman–Crippen MR) is 53.4 cm³/mol. The van der Waals surface area contributed by atoms with E-state index in [1.807, 2.05) is 0 Å². The number of hydrogen-bond donors (Lipinski definition) is 1. The van der Waals surface area contributed by atoms with Crippen LogP contribution in [-0.4, -0.2) is 36.9 Å². The van der Waals surface area contributed by atoms with Crippen LogP contribution in [0.15, 0.2) is 12.7 Å². The molecule has 0 saturated carbocycles. The summed E-state index contributed by atoms with van der Waals surface area (Å²) in [5.74, 6) is -2.72. The second-order valence-corrected chi connectivity index (χ2v) is 2.87. The van der Waals surface area contributed by atoms with Crippen molar-refractivity contribution in [2.24, 2.45) is 5.92 Å². The van der Waals surface area contributed by atoms with Gasteiger partial charge in [0.2, 0.25) is 0 Å². The molecule has 1 unspecified atom stereocenters. The normalized spacial score (nSPS) is 14.0. The lowest BCUT2D eigenvalue weighted by Crippen LogP contribution is -2.37. The summed E-state index contributed by atoms with van der Waals surface area (Å²) in [6.45, 7) is 5.37. The number of carbonyl (C=O) groups excluding carboxylic acids is 1. The number of esters is 1. The fraction of sp³-hybridized carbons (Fsp3) is 0.600. The third kappa shape index (κ3) is 4.12. The third-order valence-corrected chi connectivity index (χ3v) is 1.88. The summed E-state index contributed by atoms with van der Waals surface area (Å²) in [5.41, 5.74) is 0. The summed E-state index contributed by atoms with van der Waals surface area (Å²) in [5, 5.41) is 8.91. The predicted octanol–water partition coefficient (Wildman–Crippen LogP) is 0.841. The van der Waals surface area contributed by atoms with E-state index in [0.29, 0.717) is 0 Å². The van der Waals surface area contributed by atoms with E-state index in [0.717, 1.165) is 0 Å². The van der Waals surface area contributed by atoms with Crippen molar-refractivity contribution in [2.45, 2.75) is 19.4 Å². The summed E-state index contributed by atoms with van der Waals surface area (Å²) in [4.78, 5) is 22.2. The summed E-state index contributed by atoms with van der Waals surface area (Å²) < 4.78 is 9.55. The molecule has 0 radical (unpaired) electrons. The Hall–Kier alpha value is -1.36. The van der Waals surface area contributed by atoms with Crippen LogP contribution in [0.25, 0.3) is 0 Å². The van der Waals surface area contributed by atoms with Crippen LogP contribution in [0.5, 0.6) is 0 Å². The van der Waals surface area contributed by atoms with E-state index in [-0.39, 0.29) is 13.0 Å². The molecule has 1 N–H and O–H groups in total. The average Bonchev–Trinajstić information content (AvgIpc) is 2.21. The molecule has 0 heterocycles. The average molecular weight is 216 g/mol. The minimum absolute atomic E-state index is 0.162. The molecular weight excluding hydrogens is 200 g/mol. The molecule has 0 rings (SSSR count). The van der Waals surface area contributed by atoms with Gasteiger partial charge in [-0.1, -0.05) is 6.08 Å². The van der Waals surface area contributed by atoms with Gasteiger partial charge in [-0.3, -0.25) is 4.79 Å².